The van der Waals surface area contributed by atoms with Gasteiger partial charge in [0.2, 0.25) is 11.4 Å². The maximum absolute atomic E-state index is 13.5. The highest BCUT2D eigenvalue weighted by molar-refractivity contribution is 5.95. The third kappa shape index (κ3) is 4.22. The Hall–Kier alpha value is -4.45. The minimum Gasteiger partial charge on any atom is -0.501 e. The number of cyclic esters (lactones) is 1. The first kappa shape index (κ1) is 23.9. The number of benzene rings is 1. The number of aryl methyl sites for hydroxylation is 1. The first-order valence-electron chi connectivity index (χ1n) is 12.3. The summed E-state index contributed by atoms with van der Waals surface area (Å²) in [5.74, 6) is -0.430. The monoisotopic (exact) mass is 521 g/mol. The first-order valence-corrected chi connectivity index (χ1v) is 12.3. The van der Waals surface area contributed by atoms with E-state index >= 15 is 0 Å². The van der Waals surface area contributed by atoms with Crippen molar-refractivity contribution in [3.05, 3.63) is 70.2 Å². The van der Waals surface area contributed by atoms with Gasteiger partial charge in [0.15, 0.2) is 5.65 Å². The zero-order valence-corrected chi connectivity index (χ0v) is 20.7. The number of halogens is 1. The minimum atomic E-state index is -0.663. The number of carbonyl (C=O) groups excluding carboxylic acids is 1. The molecule has 5 heterocycles. The van der Waals surface area contributed by atoms with Crippen LogP contribution in [0.15, 0.2) is 47.5 Å². The van der Waals surface area contributed by atoms with Crippen molar-refractivity contribution in [1.29, 1.82) is 0 Å². The van der Waals surface area contributed by atoms with Gasteiger partial charge >= 0.3 is 17.5 Å². The Bertz CT molecular complexity index is 1590. The SMILES string of the molecule is C[n+]1cc(Cc2ccc(F)cc2)[nH]c1-c1nc2c(N3CCOC3=O)cc(N3CCOCC3)cn2c(=O)c1O. The summed E-state index contributed by atoms with van der Waals surface area (Å²) in [6, 6.07) is 8.00. The standard InChI is InChI=1S/C26H25FN6O5/c1-30-14-18(12-16-2-4-17(27)5-3-16)28-24(30)21-22(34)25(35)33-15-19(31-6-9-37-10-7-31)13-20(23(33)29-21)32-8-11-38-26(32)36/h2-5,13-15H,6-12H2,1H3,(H,28,34)/p+1. The second-order valence-corrected chi connectivity index (χ2v) is 9.30. The van der Waals surface area contributed by atoms with E-state index in [1.54, 1.807) is 29.9 Å². The number of amides is 1. The number of pyridine rings is 1. The van der Waals surface area contributed by atoms with Crippen molar-refractivity contribution in [2.75, 3.05) is 49.3 Å². The number of morpholine rings is 1. The molecule has 0 bridgehead atoms. The average molecular weight is 522 g/mol. The molecule has 12 heteroatoms. The molecule has 0 spiro atoms. The molecule has 1 amide bonds. The number of aromatic nitrogens is 4. The smallest absolute Gasteiger partial charge is 0.414 e. The largest absolute Gasteiger partial charge is 0.501 e. The zero-order chi connectivity index (χ0) is 26.4. The van der Waals surface area contributed by atoms with Gasteiger partial charge in [-0.05, 0) is 23.8 Å². The number of rotatable bonds is 5. The molecule has 6 rings (SSSR count). The lowest BCUT2D eigenvalue weighted by molar-refractivity contribution is -0.659. The molecule has 4 aromatic rings. The number of nitrogens with one attached hydrogen (secondary N) is 1. The van der Waals surface area contributed by atoms with Crippen molar-refractivity contribution in [2.45, 2.75) is 6.42 Å². The van der Waals surface area contributed by atoms with Crippen LogP contribution in [-0.4, -0.2) is 65.0 Å². The molecule has 0 atom stereocenters. The molecule has 2 aliphatic heterocycles. The lowest BCUT2D eigenvalue weighted by Gasteiger charge is -2.30. The molecule has 0 unspecified atom stereocenters. The topological polar surface area (TPSA) is 116 Å². The van der Waals surface area contributed by atoms with E-state index in [1.807, 2.05) is 12.3 Å². The Morgan fingerprint density at radius 2 is 1.89 bits per heavy atom. The highest BCUT2D eigenvalue weighted by Gasteiger charge is 2.30. The van der Waals surface area contributed by atoms with Gasteiger partial charge in [-0.2, -0.15) is 0 Å². The Balaban J connectivity index is 1.48. The predicted octanol–water partition coefficient (Wildman–Crippen LogP) is 1.74. The van der Waals surface area contributed by atoms with E-state index in [1.165, 1.54) is 21.4 Å². The number of hydrogen-bond donors (Lipinski definition) is 2. The van der Waals surface area contributed by atoms with Crippen molar-refractivity contribution in [2.24, 2.45) is 7.05 Å². The van der Waals surface area contributed by atoms with Gasteiger partial charge in [0.1, 0.15) is 24.3 Å². The number of carbonyl (C=O) groups is 1. The summed E-state index contributed by atoms with van der Waals surface area (Å²) in [6.07, 6.45) is 3.40. The van der Waals surface area contributed by atoms with Gasteiger partial charge in [-0.3, -0.25) is 14.1 Å². The van der Waals surface area contributed by atoms with Gasteiger partial charge in [0.05, 0.1) is 38.2 Å². The van der Waals surface area contributed by atoms with Crippen LogP contribution in [0.4, 0.5) is 20.6 Å². The molecule has 0 radical (unpaired) electrons. The van der Waals surface area contributed by atoms with Crippen molar-refractivity contribution >= 4 is 23.1 Å². The second-order valence-electron chi connectivity index (χ2n) is 9.30. The minimum absolute atomic E-state index is 0.0517. The molecular formula is C26H26FN6O5+. The van der Waals surface area contributed by atoms with Gasteiger partial charge in [-0.25, -0.2) is 23.7 Å². The number of H-pyrrole nitrogens is 1. The van der Waals surface area contributed by atoms with Crippen molar-refractivity contribution in [1.82, 2.24) is 14.4 Å². The van der Waals surface area contributed by atoms with Crippen LogP contribution in [0.3, 0.4) is 0 Å². The van der Waals surface area contributed by atoms with Crippen LogP contribution in [0.1, 0.15) is 11.3 Å². The van der Waals surface area contributed by atoms with Crippen LogP contribution in [0.5, 0.6) is 5.75 Å². The lowest BCUT2D eigenvalue weighted by Crippen LogP contribution is -2.37. The Morgan fingerprint density at radius 3 is 2.61 bits per heavy atom. The van der Waals surface area contributed by atoms with E-state index in [4.69, 9.17) is 9.47 Å². The molecule has 2 saturated heterocycles. The van der Waals surface area contributed by atoms with Gasteiger partial charge in [0, 0.05) is 25.7 Å². The van der Waals surface area contributed by atoms with Crippen molar-refractivity contribution in [3.63, 3.8) is 0 Å². The Kier molecular flexibility index (Phi) is 5.95. The summed E-state index contributed by atoms with van der Waals surface area (Å²) in [6.45, 7) is 2.86. The van der Waals surface area contributed by atoms with Crippen LogP contribution in [0.2, 0.25) is 0 Å². The second kappa shape index (κ2) is 9.45. The Morgan fingerprint density at radius 1 is 1.13 bits per heavy atom. The fourth-order valence-electron chi connectivity index (χ4n) is 4.88. The normalized spacial score (nSPS) is 15.9. The maximum Gasteiger partial charge on any atom is 0.414 e. The average Bonchev–Trinajstić information content (AvgIpc) is 3.52. The molecule has 196 valence electrons. The van der Waals surface area contributed by atoms with E-state index in [2.05, 4.69) is 14.9 Å². The fourth-order valence-corrected chi connectivity index (χ4v) is 4.88. The molecule has 2 fully saturated rings. The van der Waals surface area contributed by atoms with E-state index in [0.717, 1.165) is 11.3 Å². The molecule has 2 aliphatic rings. The van der Waals surface area contributed by atoms with Crippen LogP contribution in [-0.2, 0) is 22.9 Å². The zero-order valence-electron chi connectivity index (χ0n) is 20.7. The lowest BCUT2D eigenvalue weighted by atomic mass is 10.1. The molecular weight excluding hydrogens is 495 g/mol. The van der Waals surface area contributed by atoms with E-state index < -0.39 is 17.4 Å². The van der Waals surface area contributed by atoms with Crippen molar-refractivity contribution in [3.8, 4) is 17.3 Å². The molecule has 0 aliphatic carbocycles. The van der Waals surface area contributed by atoms with E-state index in [0.29, 0.717) is 56.5 Å². The van der Waals surface area contributed by atoms with Gasteiger partial charge in [0.25, 0.3) is 0 Å². The Labute approximate surface area is 216 Å². The first-order chi connectivity index (χ1) is 18.4. The number of hydrogen-bond acceptors (Lipinski definition) is 7. The molecule has 1 aromatic carbocycles. The number of aromatic hydroxyl groups is 1. The summed E-state index contributed by atoms with van der Waals surface area (Å²) in [5, 5.41) is 11.0. The molecule has 0 saturated carbocycles. The third-order valence-corrected chi connectivity index (χ3v) is 6.81. The molecule has 38 heavy (non-hydrogen) atoms. The highest BCUT2D eigenvalue weighted by Crippen LogP contribution is 2.31. The number of anilines is 2. The molecule has 3 aromatic heterocycles. The summed E-state index contributed by atoms with van der Waals surface area (Å²) in [7, 11) is 1.77. The highest BCUT2D eigenvalue weighted by atomic mass is 19.1. The number of imidazole rings is 1. The molecule has 11 nitrogen and oxygen atoms in total. The summed E-state index contributed by atoms with van der Waals surface area (Å²) >= 11 is 0. The fraction of sp³-hybridized carbons (Fsp3) is 0.308. The maximum atomic E-state index is 13.5. The van der Waals surface area contributed by atoms with Crippen molar-refractivity contribution < 1.29 is 28.3 Å². The van der Waals surface area contributed by atoms with Crippen LogP contribution in [0.25, 0.3) is 17.2 Å². The summed E-state index contributed by atoms with van der Waals surface area (Å²) in [4.78, 5) is 37.4. The number of nitrogens with zero attached hydrogens (tertiary/aromatic N) is 5. The van der Waals surface area contributed by atoms with Crippen LogP contribution in [0, 0.1) is 5.82 Å². The summed E-state index contributed by atoms with van der Waals surface area (Å²) in [5.41, 5.74) is 2.39. The predicted molar refractivity (Wildman–Crippen MR) is 135 cm³/mol. The van der Waals surface area contributed by atoms with Gasteiger partial charge in [-0.15, -0.1) is 0 Å². The summed E-state index contributed by atoms with van der Waals surface area (Å²) < 4.78 is 26.9. The quantitative estimate of drug-likeness (QED) is 0.385. The van der Waals surface area contributed by atoms with Crippen LogP contribution >= 0.6 is 0 Å². The van der Waals surface area contributed by atoms with Gasteiger partial charge < -0.3 is 19.5 Å². The third-order valence-electron chi connectivity index (χ3n) is 6.81. The number of aromatic amines is 1. The number of ether oxygens (including phenoxy) is 2. The number of fused-ring (bicyclic) bond motifs is 1. The molecule has 2 N–H and O–H groups in total. The van der Waals surface area contributed by atoms with E-state index in [-0.39, 0.29) is 23.8 Å². The van der Waals surface area contributed by atoms with Crippen LogP contribution < -0.4 is 19.9 Å². The van der Waals surface area contributed by atoms with E-state index in [9.17, 15) is 19.1 Å². The van der Waals surface area contributed by atoms with Gasteiger partial charge in [-0.1, -0.05) is 12.1 Å².